The van der Waals surface area contributed by atoms with E-state index in [1.807, 2.05) is 61.5 Å². The number of fused-ring (bicyclic) bond motifs is 1. The number of carbonyl (C=O) groups excluding carboxylic acids is 2. The van der Waals surface area contributed by atoms with Gasteiger partial charge >= 0.3 is 0 Å². The molecule has 6 heteroatoms. The monoisotopic (exact) mass is 360 g/mol. The quantitative estimate of drug-likeness (QED) is 0.707. The van der Waals surface area contributed by atoms with Gasteiger partial charge in [-0.3, -0.25) is 15.0 Å². The number of unbranched alkanes of at least 4 members (excludes halogenated alkanes) is 1. The average molecular weight is 360 g/mol. The summed E-state index contributed by atoms with van der Waals surface area (Å²) in [6.45, 7) is 2.04. The standard InChI is InChI=1S/C21H20N4O2/c1-2-3-11-15-20(26)24-25(21(15)27)19-18(14-9-5-4-6-10-14)22-16-12-7-8-13-17(16)23-19/h4-10,12-13,15H,2-3,11H2,1H3,(H,24,26). The van der Waals surface area contributed by atoms with Gasteiger partial charge in [0, 0.05) is 5.56 Å². The van der Waals surface area contributed by atoms with Gasteiger partial charge in [0.05, 0.1) is 11.0 Å². The second-order valence-corrected chi connectivity index (χ2v) is 6.60. The number of anilines is 1. The SMILES string of the molecule is CCCCC1C(=O)NN(c2nc3ccccc3nc2-c2ccccc2)C1=O. The van der Waals surface area contributed by atoms with E-state index in [9.17, 15) is 9.59 Å². The Morgan fingerprint density at radius 1 is 0.963 bits per heavy atom. The summed E-state index contributed by atoms with van der Waals surface area (Å²) in [4.78, 5) is 34.7. The molecule has 136 valence electrons. The number of nitrogens with one attached hydrogen (secondary N) is 1. The Labute approximate surface area is 157 Å². The van der Waals surface area contributed by atoms with Crippen molar-refractivity contribution in [3.8, 4) is 11.3 Å². The number of hydrogen-bond donors (Lipinski definition) is 1. The van der Waals surface area contributed by atoms with Crippen molar-refractivity contribution in [3.05, 3.63) is 54.6 Å². The van der Waals surface area contributed by atoms with Gasteiger partial charge in [-0.1, -0.05) is 62.2 Å². The van der Waals surface area contributed by atoms with Gasteiger partial charge in [0.25, 0.3) is 11.8 Å². The molecule has 0 radical (unpaired) electrons. The van der Waals surface area contributed by atoms with E-state index in [2.05, 4.69) is 10.4 Å². The third-order valence-electron chi connectivity index (χ3n) is 4.71. The third kappa shape index (κ3) is 3.14. The fraction of sp³-hybridized carbons (Fsp3) is 0.238. The van der Waals surface area contributed by atoms with Crippen molar-refractivity contribution in [2.75, 3.05) is 5.01 Å². The van der Waals surface area contributed by atoms with Crippen molar-refractivity contribution in [1.29, 1.82) is 0 Å². The molecule has 2 amide bonds. The van der Waals surface area contributed by atoms with Crippen LogP contribution >= 0.6 is 0 Å². The molecule has 2 aromatic carbocycles. The molecule has 4 rings (SSSR count). The van der Waals surface area contributed by atoms with Gasteiger partial charge in [-0.05, 0) is 18.6 Å². The number of carbonyl (C=O) groups is 2. The predicted octanol–water partition coefficient (Wildman–Crippen LogP) is 3.48. The summed E-state index contributed by atoms with van der Waals surface area (Å²) in [5.41, 5.74) is 5.51. The molecule has 6 nitrogen and oxygen atoms in total. The summed E-state index contributed by atoms with van der Waals surface area (Å²) < 4.78 is 0. The van der Waals surface area contributed by atoms with Crippen LogP contribution in [-0.2, 0) is 9.59 Å². The Morgan fingerprint density at radius 3 is 2.33 bits per heavy atom. The van der Waals surface area contributed by atoms with Crippen molar-refractivity contribution in [2.24, 2.45) is 5.92 Å². The van der Waals surface area contributed by atoms with Crippen LogP contribution in [0.15, 0.2) is 54.6 Å². The summed E-state index contributed by atoms with van der Waals surface area (Å²) in [7, 11) is 0. The lowest BCUT2D eigenvalue weighted by atomic mass is 10.0. The lowest BCUT2D eigenvalue weighted by Crippen LogP contribution is -2.37. The van der Waals surface area contributed by atoms with Gasteiger partial charge in [-0.15, -0.1) is 0 Å². The van der Waals surface area contributed by atoms with Crippen molar-refractivity contribution in [1.82, 2.24) is 15.4 Å². The minimum atomic E-state index is -0.665. The molecule has 0 aliphatic carbocycles. The summed E-state index contributed by atoms with van der Waals surface area (Å²) in [6, 6.07) is 17.1. The van der Waals surface area contributed by atoms with E-state index in [0.717, 1.165) is 23.9 Å². The van der Waals surface area contributed by atoms with E-state index in [-0.39, 0.29) is 11.8 Å². The zero-order valence-electron chi connectivity index (χ0n) is 15.1. The molecule has 1 aliphatic rings. The van der Waals surface area contributed by atoms with Crippen LogP contribution in [0.25, 0.3) is 22.3 Å². The van der Waals surface area contributed by atoms with Gasteiger partial charge in [-0.25, -0.2) is 9.97 Å². The number of amides is 2. The van der Waals surface area contributed by atoms with E-state index in [0.29, 0.717) is 23.4 Å². The Bertz CT molecular complexity index is 1000. The molecule has 0 spiro atoms. The Balaban J connectivity index is 1.83. The van der Waals surface area contributed by atoms with Crippen LogP contribution in [0.1, 0.15) is 26.2 Å². The lowest BCUT2D eigenvalue weighted by molar-refractivity contribution is -0.127. The molecule has 3 aromatic rings. The highest BCUT2D eigenvalue weighted by atomic mass is 16.2. The van der Waals surface area contributed by atoms with Gasteiger partial charge in [0.15, 0.2) is 5.82 Å². The minimum absolute atomic E-state index is 0.268. The lowest BCUT2D eigenvalue weighted by Gasteiger charge is -2.18. The highest BCUT2D eigenvalue weighted by Crippen LogP contribution is 2.32. The maximum atomic E-state index is 12.9. The van der Waals surface area contributed by atoms with Crippen LogP contribution in [0.4, 0.5) is 5.82 Å². The molecule has 1 unspecified atom stereocenters. The number of benzene rings is 2. The van der Waals surface area contributed by atoms with Gasteiger partial charge < -0.3 is 0 Å². The second kappa shape index (κ2) is 7.15. The smallest absolute Gasteiger partial charge is 0.259 e. The molecule has 0 saturated carbocycles. The molecule has 2 heterocycles. The Morgan fingerprint density at radius 2 is 1.63 bits per heavy atom. The van der Waals surface area contributed by atoms with Crippen LogP contribution < -0.4 is 10.4 Å². The molecular weight excluding hydrogens is 340 g/mol. The van der Waals surface area contributed by atoms with Crippen LogP contribution in [-0.4, -0.2) is 21.8 Å². The van der Waals surface area contributed by atoms with E-state index >= 15 is 0 Å². The summed E-state index contributed by atoms with van der Waals surface area (Å²) in [6.07, 6.45) is 2.30. The van der Waals surface area contributed by atoms with Gasteiger partial charge in [0.2, 0.25) is 0 Å². The number of aromatic nitrogens is 2. The van der Waals surface area contributed by atoms with Crippen LogP contribution in [0.3, 0.4) is 0 Å². The fourth-order valence-corrected chi connectivity index (χ4v) is 3.27. The molecular formula is C21H20N4O2. The zero-order chi connectivity index (χ0) is 18.8. The van der Waals surface area contributed by atoms with Crippen LogP contribution in [0.5, 0.6) is 0 Å². The highest BCUT2D eigenvalue weighted by molar-refractivity contribution is 6.15. The number of nitrogens with zero attached hydrogens (tertiary/aromatic N) is 3. The summed E-state index contributed by atoms with van der Waals surface area (Å²) in [5.74, 6) is -0.850. The fourth-order valence-electron chi connectivity index (χ4n) is 3.27. The first-order valence-electron chi connectivity index (χ1n) is 9.15. The van der Waals surface area contributed by atoms with Gasteiger partial charge in [-0.2, -0.15) is 5.01 Å². The summed E-state index contributed by atoms with van der Waals surface area (Å²) >= 11 is 0. The Hall–Kier alpha value is -3.28. The first-order valence-corrected chi connectivity index (χ1v) is 9.15. The van der Waals surface area contributed by atoms with Crippen molar-refractivity contribution in [2.45, 2.75) is 26.2 Å². The van der Waals surface area contributed by atoms with Crippen molar-refractivity contribution >= 4 is 28.7 Å². The minimum Gasteiger partial charge on any atom is -0.272 e. The van der Waals surface area contributed by atoms with E-state index < -0.39 is 5.92 Å². The van der Waals surface area contributed by atoms with Crippen molar-refractivity contribution < 1.29 is 9.59 Å². The third-order valence-corrected chi connectivity index (χ3v) is 4.71. The number of rotatable bonds is 5. The summed E-state index contributed by atoms with van der Waals surface area (Å²) in [5, 5.41) is 1.27. The maximum Gasteiger partial charge on any atom is 0.259 e. The van der Waals surface area contributed by atoms with Crippen LogP contribution in [0.2, 0.25) is 0 Å². The average Bonchev–Trinajstić information content (AvgIpc) is 2.99. The van der Waals surface area contributed by atoms with E-state index in [4.69, 9.17) is 4.98 Å². The molecule has 0 bridgehead atoms. The molecule has 1 N–H and O–H groups in total. The van der Waals surface area contributed by atoms with E-state index in [1.54, 1.807) is 0 Å². The topological polar surface area (TPSA) is 75.2 Å². The molecule has 27 heavy (non-hydrogen) atoms. The van der Waals surface area contributed by atoms with Crippen molar-refractivity contribution in [3.63, 3.8) is 0 Å². The molecule has 1 fully saturated rings. The Kier molecular flexibility index (Phi) is 4.54. The van der Waals surface area contributed by atoms with Gasteiger partial charge in [0.1, 0.15) is 11.6 Å². The normalized spacial score (nSPS) is 16.8. The predicted molar refractivity (Wildman–Crippen MR) is 104 cm³/mol. The van der Waals surface area contributed by atoms with Crippen LogP contribution in [0, 0.1) is 5.92 Å². The first-order chi connectivity index (χ1) is 13.2. The number of hydrogen-bond acceptors (Lipinski definition) is 4. The molecule has 1 atom stereocenters. The number of para-hydroxylation sites is 2. The second-order valence-electron chi connectivity index (χ2n) is 6.60. The zero-order valence-corrected chi connectivity index (χ0v) is 15.1. The highest BCUT2D eigenvalue weighted by Gasteiger charge is 2.41. The molecule has 1 aliphatic heterocycles. The first kappa shape index (κ1) is 17.1. The van der Waals surface area contributed by atoms with E-state index in [1.165, 1.54) is 5.01 Å². The molecule has 1 aromatic heterocycles. The number of hydrazine groups is 1. The maximum absolute atomic E-state index is 12.9. The largest absolute Gasteiger partial charge is 0.272 e. The molecule has 1 saturated heterocycles.